The summed E-state index contributed by atoms with van der Waals surface area (Å²) in [6.07, 6.45) is 0.731. The largest absolute Gasteiger partial charge is 0.369 e. The molecular weight excluding hydrogens is 250 g/mol. The van der Waals surface area contributed by atoms with Crippen molar-refractivity contribution in [3.63, 3.8) is 0 Å². The summed E-state index contributed by atoms with van der Waals surface area (Å²) in [5.41, 5.74) is 4.98. The molecule has 9 heavy (non-hydrogen) atoms. The SMILES string of the molecule is CC(Br)CC(Br)C(N)=O. The maximum atomic E-state index is 10.4. The van der Waals surface area contributed by atoms with Crippen molar-refractivity contribution in [3.8, 4) is 0 Å². The van der Waals surface area contributed by atoms with E-state index in [1.807, 2.05) is 6.92 Å². The summed E-state index contributed by atoms with van der Waals surface area (Å²) in [7, 11) is 0. The Bertz CT molecular complexity index is 105. The molecule has 0 rings (SSSR count). The minimum atomic E-state index is -0.304. The number of alkyl halides is 2. The predicted octanol–water partition coefficient (Wildman–Crippen LogP) is 1.41. The molecule has 0 aromatic rings. The van der Waals surface area contributed by atoms with Crippen molar-refractivity contribution in [1.29, 1.82) is 0 Å². The molecule has 0 saturated carbocycles. The molecule has 0 fully saturated rings. The van der Waals surface area contributed by atoms with E-state index < -0.39 is 0 Å². The van der Waals surface area contributed by atoms with Crippen LogP contribution in [0, 0.1) is 0 Å². The normalized spacial score (nSPS) is 16.8. The summed E-state index contributed by atoms with van der Waals surface area (Å²) in [5, 5.41) is 0. The molecule has 0 heterocycles. The van der Waals surface area contributed by atoms with Crippen molar-refractivity contribution in [2.75, 3.05) is 0 Å². The number of primary amides is 1. The minimum absolute atomic E-state index is 0.202. The Morgan fingerprint density at radius 3 is 2.22 bits per heavy atom. The Labute approximate surface area is 71.4 Å². The van der Waals surface area contributed by atoms with Gasteiger partial charge in [-0.25, -0.2) is 0 Å². The van der Waals surface area contributed by atoms with E-state index in [1.165, 1.54) is 0 Å². The summed E-state index contributed by atoms with van der Waals surface area (Å²) < 4.78 is 0. The lowest BCUT2D eigenvalue weighted by molar-refractivity contribution is -0.117. The van der Waals surface area contributed by atoms with Gasteiger partial charge in [-0.2, -0.15) is 0 Å². The van der Waals surface area contributed by atoms with Crippen LogP contribution < -0.4 is 5.73 Å². The lowest BCUT2D eigenvalue weighted by atomic mass is 10.2. The third kappa shape index (κ3) is 4.90. The molecule has 2 N–H and O–H groups in total. The maximum absolute atomic E-state index is 10.4. The lowest BCUT2D eigenvalue weighted by Gasteiger charge is -2.05. The molecule has 4 heteroatoms. The number of amides is 1. The Morgan fingerprint density at radius 2 is 2.11 bits per heavy atom. The number of carbonyl (C=O) groups is 1. The van der Waals surface area contributed by atoms with E-state index in [4.69, 9.17) is 5.73 Å². The first-order chi connectivity index (χ1) is 4.04. The number of rotatable bonds is 3. The standard InChI is InChI=1S/C5H9Br2NO/c1-3(6)2-4(7)5(8)9/h3-4H,2H2,1H3,(H2,8,9). The van der Waals surface area contributed by atoms with Crippen LogP contribution in [0.4, 0.5) is 0 Å². The Kier molecular flexibility index (Phi) is 4.48. The third-order valence-corrected chi connectivity index (χ3v) is 2.04. The van der Waals surface area contributed by atoms with Gasteiger partial charge in [0.25, 0.3) is 0 Å². The number of carbonyl (C=O) groups excluding carboxylic acids is 1. The monoisotopic (exact) mass is 257 g/mol. The van der Waals surface area contributed by atoms with Crippen LogP contribution in [0.2, 0.25) is 0 Å². The molecule has 0 bridgehead atoms. The summed E-state index contributed by atoms with van der Waals surface area (Å²) in [5.74, 6) is -0.304. The molecule has 1 amide bonds. The number of nitrogens with two attached hydrogens (primary N) is 1. The fourth-order valence-electron chi connectivity index (χ4n) is 0.401. The van der Waals surface area contributed by atoms with E-state index in [9.17, 15) is 4.79 Å². The highest BCUT2D eigenvalue weighted by molar-refractivity contribution is 9.10. The highest BCUT2D eigenvalue weighted by atomic mass is 79.9. The van der Waals surface area contributed by atoms with Crippen molar-refractivity contribution < 1.29 is 4.79 Å². The topological polar surface area (TPSA) is 43.1 Å². The van der Waals surface area contributed by atoms with Crippen molar-refractivity contribution in [2.45, 2.75) is 23.0 Å². The Balaban J connectivity index is 3.50. The van der Waals surface area contributed by atoms with Crippen LogP contribution in [-0.2, 0) is 4.79 Å². The van der Waals surface area contributed by atoms with Crippen molar-refractivity contribution >= 4 is 37.8 Å². The van der Waals surface area contributed by atoms with Crippen LogP contribution in [0.3, 0.4) is 0 Å². The van der Waals surface area contributed by atoms with Gasteiger partial charge in [-0.1, -0.05) is 38.8 Å². The zero-order valence-electron chi connectivity index (χ0n) is 5.10. The molecule has 0 aliphatic heterocycles. The average Bonchev–Trinajstić information content (AvgIpc) is 1.63. The van der Waals surface area contributed by atoms with Gasteiger partial charge < -0.3 is 5.73 Å². The summed E-state index contributed by atoms with van der Waals surface area (Å²) in [4.78, 5) is 10.5. The summed E-state index contributed by atoms with van der Waals surface area (Å²) >= 11 is 6.44. The molecule has 0 saturated heterocycles. The van der Waals surface area contributed by atoms with Crippen LogP contribution in [0.15, 0.2) is 0 Å². The van der Waals surface area contributed by atoms with Gasteiger partial charge in [0, 0.05) is 4.83 Å². The Hall–Kier alpha value is 0.430. The molecule has 0 radical (unpaired) electrons. The van der Waals surface area contributed by atoms with Gasteiger partial charge in [-0.15, -0.1) is 0 Å². The summed E-state index contributed by atoms with van der Waals surface area (Å²) in [6, 6.07) is 0. The molecule has 0 aliphatic carbocycles. The zero-order valence-corrected chi connectivity index (χ0v) is 8.28. The average molecular weight is 259 g/mol. The Morgan fingerprint density at radius 1 is 1.67 bits per heavy atom. The van der Waals surface area contributed by atoms with E-state index in [0.717, 1.165) is 6.42 Å². The second-order valence-corrected chi connectivity index (χ2v) is 4.55. The van der Waals surface area contributed by atoms with Gasteiger partial charge in [0.15, 0.2) is 0 Å². The second kappa shape index (κ2) is 4.28. The number of hydrogen-bond donors (Lipinski definition) is 1. The van der Waals surface area contributed by atoms with E-state index in [-0.39, 0.29) is 10.7 Å². The number of halogens is 2. The first kappa shape index (κ1) is 9.43. The molecule has 0 spiro atoms. The van der Waals surface area contributed by atoms with Crippen LogP contribution >= 0.6 is 31.9 Å². The molecule has 0 aliphatic rings. The minimum Gasteiger partial charge on any atom is -0.369 e. The van der Waals surface area contributed by atoms with Gasteiger partial charge >= 0.3 is 0 Å². The van der Waals surface area contributed by atoms with Gasteiger partial charge in [-0.3, -0.25) is 4.79 Å². The fraction of sp³-hybridized carbons (Fsp3) is 0.800. The van der Waals surface area contributed by atoms with E-state index in [0.29, 0.717) is 4.83 Å². The first-order valence-corrected chi connectivity index (χ1v) is 4.44. The van der Waals surface area contributed by atoms with Crippen LogP contribution in [0.5, 0.6) is 0 Å². The zero-order chi connectivity index (χ0) is 7.44. The van der Waals surface area contributed by atoms with E-state index >= 15 is 0 Å². The molecule has 2 unspecified atom stereocenters. The van der Waals surface area contributed by atoms with Gasteiger partial charge in [0.05, 0.1) is 4.83 Å². The molecule has 0 aromatic carbocycles. The van der Waals surface area contributed by atoms with Crippen molar-refractivity contribution in [2.24, 2.45) is 5.73 Å². The summed E-state index contributed by atoms with van der Waals surface area (Å²) in [6.45, 7) is 1.97. The fourth-order valence-corrected chi connectivity index (χ4v) is 1.84. The van der Waals surface area contributed by atoms with Crippen LogP contribution in [-0.4, -0.2) is 15.6 Å². The van der Waals surface area contributed by atoms with Crippen LogP contribution in [0.25, 0.3) is 0 Å². The predicted molar refractivity (Wildman–Crippen MR) is 44.9 cm³/mol. The van der Waals surface area contributed by atoms with Crippen molar-refractivity contribution in [3.05, 3.63) is 0 Å². The van der Waals surface area contributed by atoms with E-state index in [1.54, 1.807) is 0 Å². The molecule has 2 atom stereocenters. The molecule has 2 nitrogen and oxygen atoms in total. The van der Waals surface area contributed by atoms with Gasteiger partial charge in [0.1, 0.15) is 0 Å². The third-order valence-electron chi connectivity index (χ3n) is 0.840. The first-order valence-electron chi connectivity index (χ1n) is 2.61. The van der Waals surface area contributed by atoms with Crippen molar-refractivity contribution in [1.82, 2.24) is 0 Å². The van der Waals surface area contributed by atoms with Gasteiger partial charge in [0.2, 0.25) is 5.91 Å². The van der Waals surface area contributed by atoms with Crippen LogP contribution in [0.1, 0.15) is 13.3 Å². The lowest BCUT2D eigenvalue weighted by Crippen LogP contribution is -2.24. The van der Waals surface area contributed by atoms with E-state index in [2.05, 4.69) is 31.9 Å². The maximum Gasteiger partial charge on any atom is 0.231 e. The highest BCUT2D eigenvalue weighted by Gasteiger charge is 2.12. The smallest absolute Gasteiger partial charge is 0.231 e. The quantitative estimate of drug-likeness (QED) is 0.765. The molecule has 0 aromatic heterocycles. The number of hydrogen-bond acceptors (Lipinski definition) is 1. The second-order valence-electron chi connectivity index (χ2n) is 1.89. The molecule has 54 valence electrons. The molecular formula is C5H9Br2NO. The van der Waals surface area contributed by atoms with Gasteiger partial charge in [-0.05, 0) is 6.42 Å². The highest BCUT2D eigenvalue weighted by Crippen LogP contribution is 2.12.